The Morgan fingerprint density at radius 3 is 2.17 bits per heavy atom. The number of aliphatic hydroxyl groups is 1. The van der Waals surface area contributed by atoms with Crippen LogP contribution in [0.5, 0.6) is 0 Å². The van der Waals surface area contributed by atoms with Gasteiger partial charge >= 0.3 is 0 Å². The third-order valence-corrected chi connectivity index (χ3v) is 4.39. The lowest BCUT2D eigenvalue weighted by molar-refractivity contribution is 0.0576. The molecule has 1 aliphatic carbocycles. The zero-order valence-corrected chi connectivity index (χ0v) is 11.6. The molecule has 1 aromatic carbocycles. The summed E-state index contributed by atoms with van der Waals surface area (Å²) in [7, 11) is 0. The Morgan fingerprint density at radius 2 is 1.78 bits per heavy atom. The molecule has 0 atom stereocenters. The van der Waals surface area contributed by atoms with Gasteiger partial charge in [-0.15, -0.1) is 0 Å². The summed E-state index contributed by atoms with van der Waals surface area (Å²) in [6, 6.07) is 6.55. The van der Waals surface area contributed by atoms with E-state index in [0.717, 1.165) is 32.2 Å². The molecular weight excluding hydrogens is 222 g/mol. The van der Waals surface area contributed by atoms with Crippen molar-refractivity contribution in [2.45, 2.75) is 46.0 Å². The molecule has 0 spiro atoms. The molecule has 1 aliphatic rings. The van der Waals surface area contributed by atoms with Gasteiger partial charge in [-0.3, -0.25) is 0 Å². The van der Waals surface area contributed by atoms with Gasteiger partial charge in [0, 0.05) is 17.6 Å². The first-order valence-corrected chi connectivity index (χ1v) is 7.20. The highest BCUT2D eigenvalue weighted by Gasteiger charge is 2.36. The summed E-state index contributed by atoms with van der Waals surface area (Å²) in [4.78, 5) is 0. The van der Waals surface area contributed by atoms with Gasteiger partial charge in [-0.2, -0.15) is 0 Å². The SMILES string of the molecule is CCc1cccc(CC)c1NCC1(CO)CCC1. The van der Waals surface area contributed by atoms with Gasteiger partial charge in [-0.05, 0) is 36.8 Å². The lowest BCUT2D eigenvalue weighted by atomic mass is 9.69. The van der Waals surface area contributed by atoms with Crippen molar-refractivity contribution in [1.29, 1.82) is 0 Å². The van der Waals surface area contributed by atoms with Gasteiger partial charge in [0.05, 0.1) is 6.61 Å². The fourth-order valence-corrected chi connectivity index (χ4v) is 2.81. The average Bonchev–Trinajstić information content (AvgIpc) is 2.37. The normalized spacial score (nSPS) is 17.3. The first-order valence-electron chi connectivity index (χ1n) is 7.20. The Labute approximate surface area is 110 Å². The molecule has 1 saturated carbocycles. The molecule has 0 unspecified atom stereocenters. The summed E-state index contributed by atoms with van der Waals surface area (Å²) in [5, 5.41) is 13.1. The maximum absolute atomic E-state index is 9.53. The molecule has 0 amide bonds. The van der Waals surface area contributed by atoms with Gasteiger partial charge in [0.2, 0.25) is 0 Å². The van der Waals surface area contributed by atoms with E-state index in [4.69, 9.17) is 0 Å². The molecule has 100 valence electrons. The molecule has 0 aliphatic heterocycles. The minimum Gasteiger partial charge on any atom is -0.396 e. The molecular formula is C16H25NO. The minimum absolute atomic E-state index is 0.145. The van der Waals surface area contributed by atoms with Crippen LogP contribution < -0.4 is 5.32 Å². The molecule has 2 heteroatoms. The minimum atomic E-state index is 0.145. The number of aliphatic hydroxyl groups excluding tert-OH is 1. The molecule has 1 fully saturated rings. The lowest BCUT2D eigenvalue weighted by Gasteiger charge is -2.41. The number of para-hydroxylation sites is 1. The predicted molar refractivity (Wildman–Crippen MR) is 77.1 cm³/mol. The van der Waals surface area contributed by atoms with Crippen LogP contribution in [0.4, 0.5) is 5.69 Å². The Balaban J connectivity index is 2.12. The van der Waals surface area contributed by atoms with E-state index in [-0.39, 0.29) is 5.41 Å². The molecule has 0 saturated heterocycles. The number of rotatable bonds is 6. The lowest BCUT2D eigenvalue weighted by Crippen LogP contribution is -2.40. The molecule has 18 heavy (non-hydrogen) atoms. The monoisotopic (exact) mass is 247 g/mol. The summed E-state index contributed by atoms with van der Waals surface area (Å²) in [5.41, 5.74) is 4.23. The van der Waals surface area contributed by atoms with Crippen molar-refractivity contribution in [2.75, 3.05) is 18.5 Å². The summed E-state index contributed by atoms with van der Waals surface area (Å²) in [6.07, 6.45) is 5.70. The van der Waals surface area contributed by atoms with Crippen LogP contribution in [0, 0.1) is 5.41 Å². The second-order valence-electron chi connectivity index (χ2n) is 5.52. The molecule has 0 heterocycles. The van der Waals surface area contributed by atoms with Crippen molar-refractivity contribution in [3.8, 4) is 0 Å². The van der Waals surface area contributed by atoms with Gasteiger partial charge in [0.25, 0.3) is 0 Å². The number of anilines is 1. The third kappa shape index (κ3) is 2.54. The molecule has 0 bridgehead atoms. The molecule has 2 N–H and O–H groups in total. The van der Waals surface area contributed by atoms with Crippen LogP contribution in [0.1, 0.15) is 44.2 Å². The van der Waals surface area contributed by atoms with Crippen LogP contribution in [0.25, 0.3) is 0 Å². The maximum atomic E-state index is 9.53. The number of hydrogen-bond donors (Lipinski definition) is 2. The molecule has 0 radical (unpaired) electrons. The summed E-state index contributed by atoms with van der Waals surface area (Å²) in [5.74, 6) is 0. The first-order chi connectivity index (χ1) is 8.74. The largest absolute Gasteiger partial charge is 0.396 e. The zero-order chi connectivity index (χ0) is 13.0. The number of aryl methyl sites for hydroxylation is 2. The van der Waals surface area contributed by atoms with Crippen molar-refractivity contribution in [1.82, 2.24) is 0 Å². The van der Waals surface area contributed by atoms with Crippen LogP contribution in [-0.2, 0) is 12.8 Å². The average molecular weight is 247 g/mol. The Morgan fingerprint density at radius 1 is 1.17 bits per heavy atom. The number of benzene rings is 1. The Hall–Kier alpha value is -1.02. The standard InChI is InChI=1S/C16H25NO/c1-3-13-7-5-8-14(4-2)15(13)17-11-16(12-18)9-6-10-16/h5,7-8,17-18H,3-4,6,9-12H2,1-2H3. The topological polar surface area (TPSA) is 32.3 Å². The van der Waals surface area contributed by atoms with Crippen molar-refractivity contribution < 1.29 is 5.11 Å². The van der Waals surface area contributed by atoms with Crippen molar-refractivity contribution in [2.24, 2.45) is 5.41 Å². The Bertz CT molecular complexity index is 368. The molecule has 2 nitrogen and oxygen atoms in total. The van der Waals surface area contributed by atoms with E-state index >= 15 is 0 Å². The first kappa shape index (κ1) is 13.4. The number of nitrogens with one attached hydrogen (secondary N) is 1. The second kappa shape index (κ2) is 5.75. The molecule has 2 rings (SSSR count). The van der Waals surface area contributed by atoms with E-state index in [1.54, 1.807) is 0 Å². The highest BCUT2D eigenvalue weighted by molar-refractivity contribution is 5.58. The summed E-state index contributed by atoms with van der Waals surface area (Å²) in [6.45, 7) is 5.62. The van der Waals surface area contributed by atoms with Gasteiger partial charge in [-0.1, -0.05) is 38.5 Å². The van der Waals surface area contributed by atoms with Gasteiger partial charge < -0.3 is 10.4 Å². The van der Waals surface area contributed by atoms with Crippen LogP contribution in [0.15, 0.2) is 18.2 Å². The van der Waals surface area contributed by atoms with E-state index in [1.165, 1.54) is 23.2 Å². The fraction of sp³-hybridized carbons (Fsp3) is 0.625. The van der Waals surface area contributed by atoms with Gasteiger partial charge in [0.15, 0.2) is 0 Å². The van der Waals surface area contributed by atoms with Crippen LogP contribution >= 0.6 is 0 Å². The highest BCUT2D eigenvalue weighted by Crippen LogP contribution is 2.40. The predicted octanol–water partition coefficient (Wildman–Crippen LogP) is 3.39. The van der Waals surface area contributed by atoms with Gasteiger partial charge in [-0.25, -0.2) is 0 Å². The zero-order valence-electron chi connectivity index (χ0n) is 11.6. The fourth-order valence-electron chi connectivity index (χ4n) is 2.81. The van der Waals surface area contributed by atoms with Gasteiger partial charge in [0.1, 0.15) is 0 Å². The van der Waals surface area contributed by atoms with Crippen molar-refractivity contribution >= 4 is 5.69 Å². The van der Waals surface area contributed by atoms with E-state index in [9.17, 15) is 5.11 Å². The highest BCUT2D eigenvalue weighted by atomic mass is 16.3. The summed E-state index contributed by atoms with van der Waals surface area (Å²) >= 11 is 0. The molecule has 0 aromatic heterocycles. The second-order valence-corrected chi connectivity index (χ2v) is 5.52. The van der Waals surface area contributed by atoms with E-state index in [2.05, 4.69) is 37.4 Å². The summed E-state index contributed by atoms with van der Waals surface area (Å²) < 4.78 is 0. The smallest absolute Gasteiger partial charge is 0.0504 e. The van der Waals surface area contributed by atoms with Crippen LogP contribution in [-0.4, -0.2) is 18.3 Å². The Kier molecular flexibility index (Phi) is 4.28. The molecule has 1 aromatic rings. The van der Waals surface area contributed by atoms with E-state index < -0.39 is 0 Å². The van der Waals surface area contributed by atoms with Crippen LogP contribution in [0.3, 0.4) is 0 Å². The third-order valence-electron chi connectivity index (χ3n) is 4.39. The number of hydrogen-bond acceptors (Lipinski definition) is 2. The van der Waals surface area contributed by atoms with E-state index in [0.29, 0.717) is 6.61 Å². The van der Waals surface area contributed by atoms with Crippen molar-refractivity contribution in [3.05, 3.63) is 29.3 Å². The van der Waals surface area contributed by atoms with E-state index in [1.807, 2.05) is 0 Å². The van der Waals surface area contributed by atoms with Crippen molar-refractivity contribution in [3.63, 3.8) is 0 Å². The van der Waals surface area contributed by atoms with Crippen LogP contribution in [0.2, 0.25) is 0 Å². The maximum Gasteiger partial charge on any atom is 0.0504 e. The quantitative estimate of drug-likeness (QED) is 0.807.